The maximum absolute atomic E-state index is 11.8. The number of nitrogens with zero attached hydrogens (tertiary/aromatic N) is 1. The highest BCUT2D eigenvalue weighted by atomic mass is 32.2. The van der Waals surface area contributed by atoms with E-state index >= 15 is 0 Å². The van der Waals surface area contributed by atoms with E-state index in [4.69, 9.17) is 4.74 Å². The van der Waals surface area contributed by atoms with Crippen molar-refractivity contribution in [1.82, 2.24) is 0 Å². The molecule has 1 aromatic carbocycles. The number of carbonyl (C=O) groups is 1. The van der Waals surface area contributed by atoms with E-state index < -0.39 is 23.0 Å². The lowest BCUT2D eigenvalue weighted by Gasteiger charge is -2.22. The van der Waals surface area contributed by atoms with Crippen LogP contribution in [-0.2, 0) is 15.1 Å². The molecule has 6 nitrogen and oxygen atoms in total. The first kappa shape index (κ1) is 15.5. The average molecular weight is 285 g/mol. The molecule has 1 aromatic rings. The van der Waals surface area contributed by atoms with Crippen molar-refractivity contribution in [2.24, 2.45) is 0 Å². The highest BCUT2D eigenvalue weighted by molar-refractivity contribution is 7.98. The van der Waals surface area contributed by atoms with Gasteiger partial charge in [-0.2, -0.15) is 0 Å². The van der Waals surface area contributed by atoms with Crippen LogP contribution in [0.2, 0.25) is 0 Å². The van der Waals surface area contributed by atoms with Crippen molar-refractivity contribution in [2.45, 2.75) is 17.4 Å². The highest BCUT2D eigenvalue weighted by Gasteiger charge is 2.45. The van der Waals surface area contributed by atoms with Gasteiger partial charge in [-0.1, -0.05) is 12.1 Å². The summed E-state index contributed by atoms with van der Waals surface area (Å²) in [5, 5.41) is 20.9. The Bertz CT molecular complexity index is 462. The molecular weight excluding hydrogens is 270 g/mol. The van der Waals surface area contributed by atoms with E-state index in [0.29, 0.717) is 0 Å². The maximum Gasteiger partial charge on any atom is 0.349 e. The van der Waals surface area contributed by atoms with E-state index in [1.54, 1.807) is 19.1 Å². The van der Waals surface area contributed by atoms with Gasteiger partial charge in [-0.3, -0.25) is 10.1 Å². The maximum atomic E-state index is 11.8. The molecule has 0 radical (unpaired) electrons. The van der Waals surface area contributed by atoms with Gasteiger partial charge >= 0.3 is 5.97 Å². The number of esters is 1. The monoisotopic (exact) mass is 285 g/mol. The van der Waals surface area contributed by atoms with Gasteiger partial charge in [0.25, 0.3) is 5.60 Å². The van der Waals surface area contributed by atoms with Crippen molar-refractivity contribution in [1.29, 1.82) is 0 Å². The second-order valence-electron chi connectivity index (χ2n) is 3.80. The molecule has 0 aliphatic rings. The summed E-state index contributed by atoms with van der Waals surface area (Å²) < 4.78 is 4.72. The quantitative estimate of drug-likeness (QED) is 0.368. The average Bonchev–Trinajstić information content (AvgIpc) is 2.38. The molecule has 104 valence electrons. The Kier molecular flexibility index (Phi) is 5.31. The van der Waals surface area contributed by atoms with Crippen LogP contribution >= 0.6 is 11.8 Å². The number of aliphatic hydroxyl groups is 1. The zero-order valence-corrected chi connectivity index (χ0v) is 11.5. The summed E-state index contributed by atoms with van der Waals surface area (Å²) in [6.07, 6.45) is 1.88. The Morgan fingerprint density at radius 1 is 1.47 bits per heavy atom. The molecule has 7 heteroatoms. The Balaban J connectivity index is 3.13. The van der Waals surface area contributed by atoms with Crippen molar-refractivity contribution in [2.75, 3.05) is 19.4 Å². The summed E-state index contributed by atoms with van der Waals surface area (Å²) in [6.45, 7) is 0.688. The molecule has 0 aromatic heterocycles. The van der Waals surface area contributed by atoms with Gasteiger partial charge in [-0.15, -0.1) is 11.8 Å². The van der Waals surface area contributed by atoms with Crippen LogP contribution < -0.4 is 0 Å². The predicted octanol–water partition coefficient (Wildman–Crippen LogP) is 1.44. The number of benzene rings is 1. The molecule has 1 N–H and O–H groups in total. The number of hydrogen-bond donors (Lipinski definition) is 1. The molecule has 0 heterocycles. The molecule has 0 aliphatic heterocycles. The molecule has 0 bridgehead atoms. The van der Waals surface area contributed by atoms with Crippen LogP contribution in [0.5, 0.6) is 0 Å². The standard InChI is InChI=1S/C12H15NO5S/c1-3-18-11(14)12(15,8-13(16)17)9-4-6-10(19-2)7-5-9/h4-7,15H,3,8H2,1-2H3. The van der Waals surface area contributed by atoms with Crippen LogP contribution in [0.3, 0.4) is 0 Å². The van der Waals surface area contributed by atoms with Crippen molar-refractivity contribution in [3.8, 4) is 0 Å². The lowest BCUT2D eigenvalue weighted by Crippen LogP contribution is -2.43. The lowest BCUT2D eigenvalue weighted by molar-refractivity contribution is -0.499. The fourth-order valence-electron chi connectivity index (χ4n) is 1.58. The van der Waals surface area contributed by atoms with E-state index in [2.05, 4.69) is 0 Å². The first-order chi connectivity index (χ1) is 8.93. The van der Waals surface area contributed by atoms with E-state index in [1.807, 2.05) is 6.26 Å². The summed E-state index contributed by atoms with van der Waals surface area (Å²) in [6, 6.07) is 6.35. The first-order valence-corrected chi connectivity index (χ1v) is 6.82. The smallest absolute Gasteiger partial charge is 0.349 e. The number of thioether (sulfide) groups is 1. The first-order valence-electron chi connectivity index (χ1n) is 5.60. The van der Waals surface area contributed by atoms with Crippen LogP contribution in [0.4, 0.5) is 0 Å². The van der Waals surface area contributed by atoms with Gasteiger partial charge in [-0.25, -0.2) is 4.79 Å². The van der Waals surface area contributed by atoms with E-state index in [9.17, 15) is 20.0 Å². The number of hydrogen-bond acceptors (Lipinski definition) is 6. The number of rotatable bonds is 6. The van der Waals surface area contributed by atoms with E-state index in [1.165, 1.54) is 23.9 Å². The second-order valence-corrected chi connectivity index (χ2v) is 4.68. The Hall–Kier alpha value is -1.60. The van der Waals surface area contributed by atoms with Crippen molar-refractivity contribution in [3.05, 3.63) is 39.9 Å². The molecule has 1 unspecified atom stereocenters. The van der Waals surface area contributed by atoms with Crippen LogP contribution in [0.15, 0.2) is 29.2 Å². The normalized spacial score (nSPS) is 13.6. The minimum Gasteiger partial charge on any atom is -0.463 e. The minimum atomic E-state index is -2.25. The summed E-state index contributed by atoms with van der Waals surface area (Å²) in [7, 11) is 0. The largest absolute Gasteiger partial charge is 0.463 e. The molecule has 0 aliphatic carbocycles. The third-order valence-corrected chi connectivity index (χ3v) is 3.28. The zero-order valence-electron chi connectivity index (χ0n) is 10.7. The van der Waals surface area contributed by atoms with Gasteiger partial charge < -0.3 is 9.84 Å². The number of carbonyl (C=O) groups excluding carboxylic acids is 1. The fourth-order valence-corrected chi connectivity index (χ4v) is 1.99. The Morgan fingerprint density at radius 2 is 2.05 bits per heavy atom. The van der Waals surface area contributed by atoms with E-state index in [0.717, 1.165) is 4.90 Å². The molecule has 0 saturated heterocycles. The summed E-state index contributed by atoms with van der Waals surface area (Å²) in [5.74, 6) is -1.01. The van der Waals surface area contributed by atoms with Gasteiger partial charge in [-0.05, 0) is 25.3 Å². The van der Waals surface area contributed by atoms with Crippen LogP contribution in [0.25, 0.3) is 0 Å². The topological polar surface area (TPSA) is 89.7 Å². The second kappa shape index (κ2) is 6.53. The zero-order chi connectivity index (χ0) is 14.5. The molecule has 0 amide bonds. The molecule has 0 spiro atoms. The third kappa shape index (κ3) is 3.68. The highest BCUT2D eigenvalue weighted by Crippen LogP contribution is 2.26. The van der Waals surface area contributed by atoms with Crippen molar-refractivity contribution >= 4 is 17.7 Å². The Morgan fingerprint density at radius 3 is 2.47 bits per heavy atom. The molecule has 19 heavy (non-hydrogen) atoms. The van der Waals surface area contributed by atoms with Crippen LogP contribution in [0, 0.1) is 10.1 Å². The minimum absolute atomic E-state index is 0.0434. The van der Waals surface area contributed by atoms with Crippen molar-refractivity contribution < 1.29 is 19.6 Å². The summed E-state index contributed by atoms with van der Waals surface area (Å²) in [5.41, 5.74) is -2.10. The SMILES string of the molecule is CCOC(=O)C(O)(C[N+](=O)[O-])c1ccc(SC)cc1. The molecule has 0 saturated carbocycles. The molecule has 1 atom stereocenters. The van der Waals surface area contributed by atoms with Gasteiger partial charge in [0.15, 0.2) is 0 Å². The van der Waals surface area contributed by atoms with Gasteiger partial charge in [0, 0.05) is 15.4 Å². The van der Waals surface area contributed by atoms with Gasteiger partial charge in [0.2, 0.25) is 6.54 Å². The fraction of sp³-hybridized carbons (Fsp3) is 0.417. The predicted molar refractivity (Wildman–Crippen MR) is 70.6 cm³/mol. The lowest BCUT2D eigenvalue weighted by atomic mass is 9.94. The van der Waals surface area contributed by atoms with Crippen LogP contribution in [-0.4, -0.2) is 35.4 Å². The van der Waals surface area contributed by atoms with Crippen molar-refractivity contribution in [3.63, 3.8) is 0 Å². The molecular formula is C12H15NO5S. The molecule has 1 rings (SSSR count). The number of nitro groups is 1. The number of ether oxygens (including phenoxy) is 1. The third-order valence-electron chi connectivity index (χ3n) is 2.54. The summed E-state index contributed by atoms with van der Waals surface area (Å²) in [4.78, 5) is 22.6. The van der Waals surface area contributed by atoms with Gasteiger partial charge in [0.1, 0.15) is 0 Å². The Labute approximate surface area is 114 Å². The summed E-state index contributed by atoms with van der Waals surface area (Å²) >= 11 is 1.49. The molecule has 0 fully saturated rings. The van der Waals surface area contributed by atoms with Gasteiger partial charge in [0.05, 0.1) is 6.61 Å². The van der Waals surface area contributed by atoms with E-state index in [-0.39, 0.29) is 12.2 Å². The van der Waals surface area contributed by atoms with Crippen LogP contribution in [0.1, 0.15) is 12.5 Å².